The zero-order chi connectivity index (χ0) is 14.8. The molecule has 1 heterocycles. The molecular formula is C13H15F2N3O2. The van der Waals surface area contributed by atoms with Crippen LogP contribution in [0.15, 0.2) is 18.5 Å². The Kier molecular flexibility index (Phi) is 7.17. The molecule has 0 aliphatic heterocycles. The molecule has 0 fully saturated rings. The van der Waals surface area contributed by atoms with E-state index in [1.54, 1.807) is 6.07 Å². The molecule has 0 bridgehead atoms. The van der Waals surface area contributed by atoms with Gasteiger partial charge in [0.25, 0.3) is 12.3 Å². The first-order chi connectivity index (χ1) is 9.63. The number of pyridine rings is 1. The molecule has 3 N–H and O–H groups in total. The van der Waals surface area contributed by atoms with Gasteiger partial charge in [-0.05, 0) is 6.07 Å². The molecule has 0 atom stereocenters. The van der Waals surface area contributed by atoms with Gasteiger partial charge in [-0.2, -0.15) is 0 Å². The maximum Gasteiger partial charge on any atom is 0.261 e. The van der Waals surface area contributed by atoms with Gasteiger partial charge in [0.05, 0.1) is 18.7 Å². The topological polar surface area (TPSA) is 77.2 Å². The molecule has 108 valence electrons. The van der Waals surface area contributed by atoms with Gasteiger partial charge >= 0.3 is 0 Å². The third kappa shape index (κ3) is 6.22. The van der Waals surface area contributed by atoms with Crippen LogP contribution in [0.5, 0.6) is 0 Å². The second kappa shape index (κ2) is 8.96. The van der Waals surface area contributed by atoms with Crippen molar-refractivity contribution >= 4 is 5.91 Å². The Hall–Kier alpha value is -2.04. The van der Waals surface area contributed by atoms with E-state index in [0.717, 1.165) is 0 Å². The molecule has 20 heavy (non-hydrogen) atoms. The highest BCUT2D eigenvalue weighted by Crippen LogP contribution is 2.01. The van der Waals surface area contributed by atoms with Gasteiger partial charge in [-0.25, -0.2) is 8.78 Å². The molecule has 0 saturated heterocycles. The van der Waals surface area contributed by atoms with E-state index in [0.29, 0.717) is 11.1 Å². The monoisotopic (exact) mass is 283 g/mol. The van der Waals surface area contributed by atoms with Crippen LogP contribution in [0, 0.1) is 11.8 Å². The minimum absolute atomic E-state index is 0.0240. The highest BCUT2D eigenvalue weighted by atomic mass is 19.3. The van der Waals surface area contributed by atoms with E-state index < -0.39 is 13.0 Å². The van der Waals surface area contributed by atoms with Gasteiger partial charge in [0.2, 0.25) is 0 Å². The van der Waals surface area contributed by atoms with Gasteiger partial charge in [0.15, 0.2) is 0 Å². The van der Waals surface area contributed by atoms with Crippen LogP contribution in [0.4, 0.5) is 8.78 Å². The van der Waals surface area contributed by atoms with Gasteiger partial charge in [-0.1, -0.05) is 11.8 Å². The van der Waals surface area contributed by atoms with E-state index >= 15 is 0 Å². The average Bonchev–Trinajstić information content (AvgIpc) is 2.44. The van der Waals surface area contributed by atoms with E-state index in [1.807, 2.05) is 0 Å². The number of nitrogens with zero attached hydrogens (tertiary/aromatic N) is 1. The van der Waals surface area contributed by atoms with E-state index in [4.69, 9.17) is 5.73 Å². The summed E-state index contributed by atoms with van der Waals surface area (Å²) in [5.74, 6) is 5.05. The number of amides is 1. The van der Waals surface area contributed by atoms with Crippen LogP contribution in [-0.2, 0) is 4.74 Å². The number of hydrogen-bond donors (Lipinski definition) is 2. The normalized spacial score (nSPS) is 10.0. The lowest BCUT2D eigenvalue weighted by Crippen LogP contribution is -2.28. The van der Waals surface area contributed by atoms with Crippen molar-refractivity contribution in [2.24, 2.45) is 5.73 Å². The third-order valence-electron chi connectivity index (χ3n) is 2.11. The molecule has 0 spiro atoms. The molecule has 7 heteroatoms. The smallest absolute Gasteiger partial charge is 0.261 e. The molecule has 0 aliphatic carbocycles. The number of hydrogen-bond acceptors (Lipinski definition) is 4. The lowest BCUT2D eigenvalue weighted by Gasteiger charge is -2.06. The molecule has 1 aromatic rings. The van der Waals surface area contributed by atoms with Crippen LogP contribution in [0.2, 0.25) is 0 Å². The second-order valence-corrected chi connectivity index (χ2v) is 3.69. The summed E-state index contributed by atoms with van der Waals surface area (Å²) >= 11 is 0. The molecule has 0 aromatic carbocycles. The molecule has 0 aliphatic rings. The van der Waals surface area contributed by atoms with Crippen molar-refractivity contribution < 1.29 is 18.3 Å². The van der Waals surface area contributed by atoms with Gasteiger partial charge in [-0.15, -0.1) is 0 Å². The minimum Gasteiger partial charge on any atom is -0.374 e. The molecule has 0 unspecified atom stereocenters. The van der Waals surface area contributed by atoms with E-state index in [-0.39, 0.29) is 25.6 Å². The van der Waals surface area contributed by atoms with Crippen molar-refractivity contribution in [2.75, 3.05) is 26.3 Å². The lowest BCUT2D eigenvalue weighted by molar-refractivity contribution is 0.0188. The number of nitrogens with two attached hydrogens (primary N) is 1. The number of rotatable bonds is 6. The lowest BCUT2D eigenvalue weighted by atomic mass is 10.2. The van der Waals surface area contributed by atoms with Gasteiger partial charge in [0, 0.05) is 24.5 Å². The quantitative estimate of drug-likeness (QED) is 0.585. The Bertz CT molecular complexity index is 498. The predicted octanol–water partition coefficient (Wildman–Crippen LogP) is 0.403. The van der Waals surface area contributed by atoms with Crippen LogP contribution in [-0.4, -0.2) is 43.6 Å². The Morgan fingerprint density at radius 1 is 1.50 bits per heavy atom. The number of carbonyl (C=O) groups excluding carboxylic acids is 1. The zero-order valence-electron chi connectivity index (χ0n) is 10.7. The third-order valence-corrected chi connectivity index (χ3v) is 2.11. The summed E-state index contributed by atoms with van der Waals surface area (Å²) in [4.78, 5) is 15.6. The molecule has 0 saturated carbocycles. The average molecular weight is 283 g/mol. The van der Waals surface area contributed by atoms with Crippen molar-refractivity contribution in [2.45, 2.75) is 6.43 Å². The predicted molar refractivity (Wildman–Crippen MR) is 69.3 cm³/mol. The van der Waals surface area contributed by atoms with E-state index in [1.165, 1.54) is 12.4 Å². The number of aromatic nitrogens is 1. The number of halogens is 2. The summed E-state index contributed by atoms with van der Waals surface area (Å²) in [7, 11) is 0. The fraction of sp³-hybridized carbons (Fsp3) is 0.385. The first-order valence-corrected chi connectivity index (χ1v) is 5.91. The summed E-state index contributed by atoms with van der Waals surface area (Å²) in [6.45, 7) is -0.250. The number of carbonyl (C=O) groups is 1. The first-order valence-electron chi connectivity index (χ1n) is 5.91. The highest BCUT2D eigenvalue weighted by molar-refractivity contribution is 5.94. The summed E-state index contributed by atoms with van der Waals surface area (Å²) in [5, 5.41) is 2.53. The summed E-state index contributed by atoms with van der Waals surface area (Å²) in [6.07, 6.45) is 0.404. The second-order valence-electron chi connectivity index (χ2n) is 3.69. The van der Waals surface area contributed by atoms with Crippen LogP contribution < -0.4 is 11.1 Å². The Labute approximate surface area is 115 Å². The van der Waals surface area contributed by atoms with Crippen molar-refractivity contribution in [1.82, 2.24) is 10.3 Å². The van der Waals surface area contributed by atoms with Crippen LogP contribution in [0.1, 0.15) is 15.9 Å². The Morgan fingerprint density at radius 2 is 2.30 bits per heavy atom. The first kappa shape index (κ1) is 16.0. The molecule has 1 amide bonds. The van der Waals surface area contributed by atoms with Gasteiger partial charge in [-0.3, -0.25) is 9.78 Å². The van der Waals surface area contributed by atoms with Crippen molar-refractivity contribution in [3.05, 3.63) is 29.6 Å². The number of nitrogens with one attached hydrogen (secondary N) is 1. The minimum atomic E-state index is -2.51. The fourth-order valence-electron chi connectivity index (χ4n) is 1.30. The molecule has 1 aromatic heterocycles. The van der Waals surface area contributed by atoms with E-state index in [2.05, 4.69) is 26.9 Å². The summed E-state index contributed by atoms with van der Waals surface area (Å²) < 4.78 is 28.2. The molecule has 5 nitrogen and oxygen atoms in total. The van der Waals surface area contributed by atoms with Crippen molar-refractivity contribution in [1.29, 1.82) is 0 Å². The molecule has 0 radical (unpaired) electrons. The van der Waals surface area contributed by atoms with Crippen molar-refractivity contribution in [3.8, 4) is 11.8 Å². The Balaban J connectivity index is 2.43. The number of alkyl halides is 2. The van der Waals surface area contributed by atoms with Gasteiger partial charge in [0.1, 0.15) is 6.61 Å². The largest absolute Gasteiger partial charge is 0.374 e. The standard InChI is InChI=1S/C13H15F2N3O2/c14-12(15)9-20-5-4-18-13(19)11-6-10(2-1-3-16)7-17-8-11/h6-8,12H,3-5,9,16H2,(H,18,19). The maximum absolute atomic E-state index is 11.8. The summed E-state index contributed by atoms with van der Waals surface area (Å²) in [5.41, 5.74) is 6.17. The van der Waals surface area contributed by atoms with Crippen LogP contribution in [0.3, 0.4) is 0 Å². The summed E-state index contributed by atoms with van der Waals surface area (Å²) in [6, 6.07) is 1.57. The Morgan fingerprint density at radius 3 is 3.00 bits per heavy atom. The molecule has 1 rings (SSSR count). The van der Waals surface area contributed by atoms with Crippen LogP contribution >= 0.6 is 0 Å². The van der Waals surface area contributed by atoms with Crippen LogP contribution in [0.25, 0.3) is 0 Å². The van der Waals surface area contributed by atoms with Gasteiger partial charge < -0.3 is 15.8 Å². The fourth-order valence-corrected chi connectivity index (χ4v) is 1.30. The zero-order valence-corrected chi connectivity index (χ0v) is 10.7. The number of ether oxygens (including phenoxy) is 1. The SMILES string of the molecule is NCC#Cc1cncc(C(=O)NCCOCC(F)F)c1. The van der Waals surface area contributed by atoms with Crippen molar-refractivity contribution in [3.63, 3.8) is 0 Å². The van der Waals surface area contributed by atoms with E-state index in [9.17, 15) is 13.6 Å². The highest BCUT2D eigenvalue weighted by Gasteiger charge is 2.06. The maximum atomic E-state index is 11.8. The molecular weight excluding hydrogens is 268 g/mol.